The predicted octanol–water partition coefficient (Wildman–Crippen LogP) is 4.28. The number of rotatable bonds is 8. The predicted molar refractivity (Wildman–Crippen MR) is 115 cm³/mol. The molecule has 2 heterocycles. The Hall–Kier alpha value is -1.98. The molecule has 1 N–H and O–H groups in total. The Morgan fingerprint density at radius 2 is 1.93 bits per heavy atom. The summed E-state index contributed by atoms with van der Waals surface area (Å²) in [6.07, 6.45) is 2.59. The number of nitrogens with one attached hydrogen (secondary N) is 1. The fourth-order valence-corrected chi connectivity index (χ4v) is 4.89. The van der Waals surface area contributed by atoms with Crippen LogP contribution >= 0.6 is 11.3 Å². The first-order valence-corrected chi connectivity index (χ1v) is 11.0. The molecule has 4 nitrogen and oxygen atoms in total. The molecule has 1 unspecified atom stereocenters. The minimum Gasteiger partial charge on any atom is -0.355 e. The van der Waals surface area contributed by atoms with Crippen molar-refractivity contribution in [3.05, 3.63) is 56.8 Å². The lowest BCUT2D eigenvalue weighted by Crippen LogP contribution is -2.45. The minimum absolute atomic E-state index is 0.0335. The Morgan fingerprint density at radius 1 is 1.18 bits per heavy atom. The maximum absolute atomic E-state index is 12.4. The van der Waals surface area contributed by atoms with Crippen LogP contribution < -0.4 is 5.32 Å². The van der Waals surface area contributed by atoms with Gasteiger partial charge in [-0.05, 0) is 43.9 Å². The Morgan fingerprint density at radius 3 is 2.61 bits per heavy atom. The largest absolute Gasteiger partial charge is 0.355 e. The van der Waals surface area contributed by atoms with Gasteiger partial charge in [0.2, 0.25) is 5.91 Å². The number of carbonyl (C=O) groups excluding carboxylic acids is 2. The molecule has 3 rings (SSSR count). The monoisotopic (exact) mass is 398 g/mol. The summed E-state index contributed by atoms with van der Waals surface area (Å²) in [6, 6.07) is 10.9. The van der Waals surface area contributed by atoms with Crippen LogP contribution in [0.5, 0.6) is 0 Å². The quantitative estimate of drug-likeness (QED) is 0.675. The van der Waals surface area contributed by atoms with E-state index in [4.69, 9.17) is 0 Å². The van der Waals surface area contributed by atoms with Gasteiger partial charge in [-0.2, -0.15) is 0 Å². The molecule has 1 amide bonds. The fraction of sp³-hybridized carbons (Fsp3) is 0.478. The minimum atomic E-state index is -0.0335. The Kier molecular flexibility index (Phi) is 7.03. The topological polar surface area (TPSA) is 49.4 Å². The van der Waals surface area contributed by atoms with Crippen molar-refractivity contribution in [2.75, 3.05) is 13.1 Å². The number of thiophene rings is 1. The normalized spacial score (nSPS) is 15.1. The lowest BCUT2D eigenvalue weighted by molar-refractivity contribution is -0.121. The van der Waals surface area contributed by atoms with Crippen LogP contribution in [-0.2, 0) is 17.8 Å². The first kappa shape index (κ1) is 20.7. The van der Waals surface area contributed by atoms with Crippen LogP contribution in [0.1, 0.15) is 57.4 Å². The highest BCUT2D eigenvalue weighted by Gasteiger charge is 2.22. The molecule has 1 aromatic carbocycles. The van der Waals surface area contributed by atoms with E-state index in [1.165, 1.54) is 11.1 Å². The van der Waals surface area contributed by atoms with Crippen LogP contribution in [0.25, 0.3) is 0 Å². The van der Waals surface area contributed by atoms with Crippen molar-refractivity contribution in [3.8, 4) is 0 Å². The number of hydrogen-bond acceptors (Lipinski definition) is 4. The molecule has 5 heteroatoms. The third-order valence-electron chi connectivity index (χ3n) is 5.60. The summed E-state index contributed by atoms with van der Waals surface area (Å²) in [5.74, 6) is 0.0329. The fourth-order valence-electron chi connectivity index (χ4n) is 3.95. The molecule has 0 saturated heterocycles. The SMILES string of the molecule is CCC(CNC(=O)CCC(=O)c1cc(C)sc1C)N1CCc2ccccc2C1. The summed E-state index contributed by atoms with van der Waals surface area (Å²) in [4.78, 5) is 29.3. The second kappa shape index (κ2) is 9.48. The number of nitrogens with zero attached hydrogens (tertiary/aromatic N) is 1. The van der Waals surface area contributed by atoms with Gasteiger partial charge in [-0.3, -0.25) is 14.5 Å². The van der Waals surface area contributed by atoms with Gasteiger partial charge >= 0.3 is 0 Å². The molecule has 1 aliphatic heterocycles. The van der Waals surface area contributed by atoms with Gasteiger partial charge in [-0.25, -0.2) is 0 Å². The van der Waals surface area contributed by atoms with Gasteiger partial charge in [0.05, 0.1) is 0 Å². The average molecular weight is 399 g/mol. The van der Waals surface area contributed by atoms with Gasteiger partial charge < -0.3 is 5.32 Å². The van der Waals surface area contributed by atoms with Crippen LogP contribution in [0.15, 0.2) is 30.3 Å². The van der Waals surface area contributed by atoms with E-state index in [0.717, 1.165) is 41.2 Å². The Balaban J connectivity index is 1.46. The summed E-state index contributed by atoms with van der Waals surface area (Å²) < 4.78 is 0. The van der Waals surface area contributed by atoms with E-state index in [-0.39, 0.29) is 24.5 Å². The molecule has 2 aromatic rings. The number of Topliss-reactive ketones (excluding diaryl/α,β-unsaturated/α-hetero) is 1. The van der Waals surface area contributed by atoms with Gasteiger partial charge in [0.1, 0.15) is 0 Å². The van der Waals surface area contributed by atoms with E-state index in [9.17, 15) is 9.59 Å². The van der Waals surface area contributed by atoms with Crippen molar-refractivity contribution in [2.24, 2.45) is 0 Å². The third kappa shape index (κ3) is 5.09. The van der Waals surface area contributed by atoms with E-state index in [2.05, 4.69) is 41.4 Å². The molecule has 0 bridgehead atoms. The van der Waals surface area contributed by atoms with E-state index >= 15 is 0 Å². The van der Waals surface area contributed by atoms with Gasteiger partial charge in [0.15, 0.2) is 5.78 Å². The second-order valence-corrected chi connectivity index (χ2v) is 9.07. The van der Waals surface area contributed by atoms with E-state index in [1.807, 2.05) is 19.9 Å². The molecule has 150 valence electrons. The summed E-state index contributed by atoms with van der Waals surface area (Å²) in [5.41, 5.74) is 3.61. The van der Waals surface area contributed by atoms with Crippen molar-refractivity contribution < 1.29 is 9.59 Å². The van der Waals surface area contributed by atoms with Crippen LogP contribution in [-0.4, -0.2) is 35.7 Å². The first-order valence-electron chi connectivity index (χ1n) is 10.2. The van der Waals surface area contributed by atoms with Gasteiger partial charge in [-0.1, -0.05) is 31.2 Å². The number of ketones is 1. The molecular weight excluding hydrogens is 368 g/mol. The van der Waals surface area contributed by atoms with Crippen LogP contribution in [0.4, 0.5) is 0 Å². The number of hydrogen-bond donors (Lipinski definition) is 1. The number of aryl methyl sites for hydroxylation is 2. The number of amides is 1. The molecule has 1 aliphatic rings. The standard InChI is InChI=1S/C23H30N2O2S/c1-4-20(25-12-11-18-7-5-6-8-19(18)15-25)14-24-23(27)10-9-22(26)21-13-16(2)28-17(21)3/h5-8,13,20H,4,9-12,14-15H2,1-3H3,(H,24,27). The first-order chi connectivity index (χ1) is 13.5. The summed E-state index contributed by atoms with van der Waals surface area (Å²) in [7, 11) is 0. The van der Waals surface area contributed by atoms with Crippen molar-refractivity contribution in [1.29, 1.82) is 0 Å². The maximum Gasteiger partial charge on any atom is 0.220 e. The molecule has 1 atom stereocenters. The molecule has 28 heavy (non-hydrogen) atoms. The molecule has 0 fully saturated rings. The van der Waals surface area contributed by atoms with Gasteiger partial charge in [0.25, 0.3) is 0 Å². The van der Waals surface area contributed by atoms with Gasteiger partial charge in [0, 0.05) is 53.8 Å². The molecule has 0 spiro atoms. The number of fused-ring (bicyclic) bond motifs is 1. The van der Waals surface area contributed by atoms with Crippen molar-refractivity contribution in [3.63, 3.8) is 0 Å². The number of carbonyl (C=O) groups is 2. The molecule has 0 saturated carbocycles. The molecule has 1 aromatic heterocycles. The Bertz CT molecular complexity index is 843. The van der Waals surface area contributed by atoms with Crippen molar-refractivity contribution >= 4 is 23.0 Å². The molecule has 0 aliphatic carbocycles. The van der Waals surface area contributed by atoms with Crippen LogP contribution in [0.2, 0.25) is 0 Å². The maximum atomic E-state index is 12.4. The van der Waals surface area contributed by atoms with Crippen molar-refractivity contribution in [1.82, 2.24) is 10.2 Å². The van der Waals surface area contributed by atoms with Crippen molar-refractivity contribution in [2.45, 2.75) is 59.0 Å². The second-order valence-electron chi connectivity index (χ2n) is 7.61. The highest BCUT2D eigenvalue weighted by atomic mass is 32.1. The van der Waals surface area contributed by atoms with E-state index in [0.29, 0.717) is 12.6 Å². The van der Waals surface area contributed by atoms with Gasteiger partial charge in [-0.15, -0.1) is 11.3 Å². The lowest BCUT2D eigenvalue weighted by atomic mass is 9.98. The highest BCUT2D eigenvalue weighted by Crippen LogP contribution is 2.23. The highest BCUT2D eigenvalue weighted by molar-refractivity contribution is 7.12. The number of benzene rings is 1. The van der Waals surface area contributed by atoms with Crippen LogP contribution in [0.3, 0.4) is 0 Å². The zero-order valence-corrected chi connectivity index (χ0v) is 17.9. The lowest BCUT2D eigenvalue weighted by Gasteiger charge is -2.35. The zero-order valence-electron chi connectivity index (χ0n) is 17.1. The van der Waals surface area contributed by atoms with Crippen LogP contribution in [0, 0.1) is 13.8 Å². The zero-order chi connectivity index (χ0) is 20.1. The molecular formula is C23H30N2O2S. The summed E-state index contributed by atoms with van der Waals surface area (Å²) in [6.45, 7) is 8.75. The Labute approximate surface area is 172 Å². The smallest absolute Gasteiger partial charge is 0.220 e. The van der Waals surface area contributed by atoms with E-state index < -0.39 is 0 Å². The average Bonchev–Trinajstić information content (AvgIpc) is 3.04. The summed E-state index contributed by atoms with van der Waals surface area (Å²) in [5, 5.41) is 3.05. The van der Waals surface area contributed by atoms with E-state index in [1.54, 1.807) is 11.3 Å². The molecule has 0 radical (unpaired) electrons. The summed E-state index contributed by atoms with van der Waals surface area (Å²) >= 11 is 1.63. The third-order valence-corrected chi connectivity index (χ3v) is 6.57.